The fourth-order valence-electron chi connectivity index (χ4n) is 3.37. The Hall–Kier alpha value is -3.27. The summed E-state index contributed by atoms with van der Waals surface area (Å²) < 4.78 is 4.87. The van der Waals surface area contributed by atoms with E-state index in [1.54, 1.807) is 21.4 Å². The van der Waals surface area contributed by atoms with Crippen LogP contribution in [0.25, 0.3) is 33.8 Å². The molecule has 0 fully saturated rings. The molecule has 0 aliphatic rings. The van der Waals surface area contributed by atoms with Crippen molar-refractivity contribution in [2.75, 3.05) is 5.73 Å². The predicted octanol–water partition coefficient (Wildman–Crippen LogP) is 6.55. The van der Waals surface area contributed by atoms with Crippen LogP contribution in [0.1, 0.15) is 0 Å². The molecule has 0 aliphatic heterocycles. The van der Waals surface area contributed by atoms with Crippen molar-refractivity contribution in [1.82, 2.24) is 29.2 Å². The normalized spacial score (nSPS) is 10.9. The molecule has 0 spiro atoms. The Morgan fingerprint density at radius 3 is 1.71 bits per heavy atom. The molecule has 4 aromatic heterocycles. The van der Waals surface area contributed by atoms with Crippen molar-refractivity contribution in [1.29, 1.82) is 0 Å². The summed E-state index contributed by atoms with van der Waals surface area (Å²) in [5.41, 5.74) is 11.1. The summed E-state index contributed by atoms with van der Waals surface area (Å²) in [6.07, 6.45) is 3.37. The largest absolute Gasteiger partial charge is 0.384 e. The van der Waals surface area contributed by atoms with Gasteiger partial charge in [0.15, 0.2) is 11.3 Å². The lowest BCUT2D eigenvalue weighted by Gasteiger charge is -2.04. The van der Waals surface area contributed by atoms with Gasteiger partial charge in [-0.05, 0) is 31.9 Å². The molecule has 0 saturated heterocycles. The number of nitrogens with two attached hydrogens (primary N) is 1. The summed E-state index contributed by atoms with van der Waals surface area (Å²) in [4.78, 5) is 9.07. The van der Waals surface area contributed by atoms with Gasteiger partial charge in [-0.15, -0.1) is 0 Å². The van der Waals surface area contributed by atoms with E-state index in [0.717, 1.165) is 42.8 Å². The van der Waals surface area contributed by atoms with E-state index in [9.17, 15) is 0 Å². The van der Waals surface area contributed by atoms with Crippen LogP contribution in [-0.2, 0) is 0 Å². The predicted molar refractivity (Wildman–Crippen MR) is 142 cm³/mol. The second kappa shape index (κ2) is 9.54. The topological polar surface area (TPSA) is 86.4 Å². The minimum absolute atomic E-state index is 0.541. The van der Waals surface area contributed by atoms with E-state index in [0.29, 0.717) is 11.0 Å². The molecule has 4 heterocycles. The zero-order valence-corrected chi connectivity index (χ0v) is 21.4. The number of halogens is 3. The van der Waals surface area contributed by atoms with Crippen molar-refractivity contribution < 1.29 is 0 Å². The van der Waals surface area contributed by atoms with E-state index in [2.05, 4.69) is 52.0 Å². The molecule has 0 amide bonds. The fraction of sp³-hybridized carbons (Fsp3) is 0. The fourth-order valence-corrected chi connectivity index (χ4v) is 4.30. The van der Waals surface area contributed by atoms with Crippen LogP contribution in [0.3, 0.4) is 0 Å². The van der Waals surface area contributed by atoms with Crippen molar-refractivity contribution in [3.63, 3.8) is 0 Å². The second-order valence-corrected chi connectivity index (χ2v) is 9.31. The maximum absolute atomic E-state index is 6.17. The molecule has 0 saturated carbocycles. The Labute approximate surface area is 216 Å². The van der Waals surface area contributed by atoms with Gasteiger partial charge in [-0.1, -0.05) is 72.3 Å². The molecular weight excluding hydrogens is 582 g/mol. The van der Waals surface area contributed by atoms with Crippen LogP contribution in [0.4, 0.5) is 5.82 Å². The van der Waals surface area contributed by atoms with Gasteiger partial charge in [-0.3, -0.25) is 0 Å². The average Bonchev–Trinajstić information content (AvgIpc) is 3.44. The Morgan fingerprint density at radius 2 is 1.15 bits per heavy atom. The highest BCUT2D eigenvalue weighted by molar-refractivity contribution is 9.11. The maximum Gasteiger partial charge on any atom is 0.172 e. The zero-order valence-electron chi connectivity index (χ0n) is 17.5. The van der Waals surface area contributed by atoms with Crippen molar-refractivity contribution >= 4 is 60.6 Å². The average molecular weight is 598 g/mol. The molecule has 2 N–H and O–H groups in total. The Morgan fingerprint density at radius 1 is 0.676 bits per heavy atom. The smallest absolute Gasteiger partial charge is 0.172 e. The Balaban J connectivity index is 0.000000142. The number of anilines is 1. The highest BCUT2D eigenvalue weighted by atomic mass is 79.9. The third-order valence-corrected chi connectivity index (χ3v) is 6.37. The Kier molecular flexibility index (Phi) is 6.32. The molecule has 2 aromatic carbocycles. The molecule has 10 heteroatoms. The summed E-state index contributed by atoms with van der Waals surface area (Å²) >= 11 is 13.0. The van der Waals surface area contributed by atoms with Crippen LogP contribution < -0.4 is 5.73 Å². The van der Waals surface area contributed by atoms with Crippen LogP contribution in [0.15, 0.2) is 94.1 Å². The SMILES string of the molecule is Clc1cc(-c2ccccc2)nc2c(Br)cnn12.Nc1cc(-c2ccccc2)nc2c(Br)cnn12. The first kappa shape index (κ1) is 22.5. The first-order chi connectivity index (χ1) is 16.5. The van der Waals surface area contributed by atoms with Crippen LogP contribution in [0.5, 0.6) is 0 Å². The molecule has 7 nitrogen and oxygen atoms in total. The van der Waals surface area contributed by atoms with Crippen LogP contribution >= 0.6 is 43.5 Å². The van der Waals surface area contributed by atoms with Crippen LogP contribution in [0.2, 0.25) is 5.15 Å². The van der Waals surface area contributed by atoms with Gasteiger partial charge in [0.05, 0.1) is 32.7 Å². The van der Waals surface area contributed by atoms with Gasteiger partial charge in [0.25, 0.3) is 0 Å². The van der Waals surface area contributed by atoms with Gasteiger partial charge in [-0.25, -0.2) is 14.5 Å². The third kappa shape index (κ3) is 4.42. The zero-order chi connectivity index (χ0) is 23.7. The van der Waals surface area contributed by atoms with Crippen LogP contribution in [-0.4, -0.2) is 29.2 Å². The highest BCUT2D eigenvalue weighted by Gasteiger charge is 2.10. The number of fused-ring (bicyclic) bond motifs is 2. The molecular formula is C24H16Br2ClN7. The third-order valence-electron chi connectivity index (χ3n) is 4.98. The van der Waals surface area contributed by atoms with Crippen molar-refractivity contribution in [2.45, 2.75) is 0 Å². The molecule has 0 bridgehead atoms. The quantitative estimate of drug-likeness (QED) is 0.229. The number of rotatable bonds is 2. The van der Waals surface area contributed by atoms with Crippen LogP contribution in [0, 0.1) is 0 Å². The number of hydrogen-bond acceptors (Lipinski definition) is 5. The van der Waals surface area contributed by atoms with Crippen molar-refractivity contribution in [2.24, 2.45) is 0 Å². The summed E-state index contributed by atoms with van der Waals surface area (Å²) in [6, 6.07) is 23.5. The standard InChI is InChI=1S/C12H7BrClN3.C12H9BrN4/c2*13-9-7-15-17-11(14)6-10(16-12(9)17)8-4-2-1-3-5-8/h1-7H;1-7H,14H2. The lowest BCUT2D eigenvalue weighted by molar-refractivity contribution is 0.942. The van der Waals surface area contributed by atoms with E-state index < -0.39 is 0 Å². The minimum atomic E-state index is 0.541. The molecule has 34 heavy (non-hydrogen) atoms. The maximum atomic E-state index is 6.17. The first-order valence-corrected chi connectivity index (χ1v) is 12.1. The minimum Gasteiger partial charge on any atom is -0.384 e. The number of nitrogens with zero attached hydrogens (tertiary/aromatic N) is 6. The van der Waals surface area contributed by atoms with Gasteiger partial charge in [0.2, 0.25) is 0 Å². The van der Waals surface area contributed by atoms with E-state index in [4.69, 9.17) is 17.3 Å². The van der Waals surface area contributed by atoms with Gasteiger partial charge >= 0.3 is 0 Å². The highest BCUT2D eigenvalue weighted by Crippen LogP contribution is 2.26. The molecule has 0 unspecified atom stereocenters. The number of benzene rings is 2. The van der Waals surface area contributed by atoms with Gasteiger partial charge in [0, 0.05) is 23.3 Å². The van der Waals surface area contributed by atoms with E-state index in [-0.39, 0.29) is 0 Å². The summed E-state index contributed by atoms with van der Waals surface area (Å²) in [5, 5.41) is 8.80. The lowest BCUT2D eigenvalue weighted by atomic mass is 10.1. The summed E-state index contributed by atoms with van der Waals surface area (Å²) in [7, 11) is 0. The second-order valence-electron chi connectivity index (χ2n) is 7.22. The molecule has 0 aliphatic carbocycles. The molecule has 6 aromatic rings. The molecule has 6 rings (SSSR count). The van der Waals surface area contributed by atoms with E-state index >= 15 is 0 Å². The number of nitrogen functional groups attached to an aromatic ring is 1. The monoisotopic (exact) mass is 595 g/mol. The molecule has 0 atom stereocenters. The number of hydrogen-bond donors (Lipinski definition) is 1. The van der Waals surface area contributed by atoms with Crippen molar-refractivity contribution in [3.8, 4) is 22.5 Å². The molecule has 168 valence electrons. The first-order valence-electron chi connectivity index (χ1n) is 10.1. The van der Waals surface area contributed by atoms with E-state index in [1.807, 2.05) is 72.8 Å². The summed E-state index contributed by atoms with van der Waals surface area (Å²) in [5.74, 6) is 0.569. The van der Waals surface area contributed by atoms with E-state index in [1.165, 1.54) is 0 Å². The molecule has 0 radical (unpaired) electrons. The van der Waals surface area contributed by atoms with Gasteiger partial charge in [0.1, 0.15) is 11.0 Å². The summed E-state index contributed by atoms with van der Waals surface area (Å²) in [6.45, 7) is 0. The lowest BCUT2D eigenvalue weighted by Crippen LogP contribution is -2.01. The Bertz CT molecular complexity index is 1480. The van der Waals surface area contributed by atoms with Gasteiger partial charge < -0.3 is 5.73 Å². The van der Waals surface area contributed by atoms with Crippen molar-refractivity contribution in [3.05, 3.63) is 99.3 Å². The number of aromatic nitrogens is 6. The van der Waals surface area contributed by atoms with Gasteiger partial charge in [-0.2, -0.15) is 14.7 Å².